The maximum atomic E-state index is 12.6. The zero-order valence-electron chi connectivity index (χ0n) is 14.4. The zero-order chi connectivity index (χ0) is 18.7. The summed E-state index contributed by atoms with van der Waals surface area (Å²) in [5.41, 5.74) is 2.50. The molecule has 3 aromatic rings. The van der Waals surface area contributed by atoms with Crippen LogP contribution in [0, 0.1) is 6.92 Å². The molecule has 2 aromatic heterocycles. The van der Waals surface area contributed by atoms with Crippen molar-refractivity contribution in [2.45, 2.75) is 32.0 Å². The number of anilines is 1. The Morgan fingerprint density at radius 3 is 2.92 bits per heavy atom. The smallest absolute Gasteiger partial charge is 0.272 e. The van der Waals surface area contributed by atoms with Gasteiger partial charge in [-0.3, -0.25) is 14.2 Å². The lowest BCUT2D eigenvalue weighted by molar-refractivity contribution is -0.113. The van der Waals surface area contributed by atoms with Crippen LogP contribution in [0.5, 0.6) is 0 Å². The van der Waals surface area contributed by atoms with Crippen molar-refractivity contribution in [1.82, 2.24) is 9.55 Å². The van der Waals surface area contributed by atoms with Gasteiger partial charge in [-0.1, -0.05) is 24.8 Å². The van der Waals surface area contributed by atoms with Crippen molar-refractivity contribution in [1.29, 1.82) is 0 Å². The maximum Gasteiger partial charge on any atom is 0.272 e. The number of aromatic nitrogens is 2. The van der Waals surface area contributed by atoms with Crippen LogP contribution >= 0.6 is 39.0 Å². The van der Waals surface area contributed by atoms with E-state index in [-0.39, 0.29) is 17.2 Å². The summed E-state index contributed by atoms with van der Waals surface area (Å²) in [5, 5.41) is 5.34. The van der Waals surface area contributed by atoms with Crippen molar-refractivity contribution in [2.24, 2.45) is 0 Å². The van der Waals surface area contributed by atoms with Crippen LogP contribution in [0.1, 0.15) is 18.9 Å². The number of nitrogens with zero attached hydrogens (tertiary/aromatic N) is 2. The number of amides is 1. The highest BCUT2D eigenvalue weighted by Gasteiger charge is 2.14. The highest BCUT2D eigenvalue weighted by atomic mass is 79.9. The van der Waals surface area contributed by atoms with Gasteiger partial charge in [0.1, 0.15) is 4.70 Å². The van der Waals surface area contributed by atoms with Gasteiger partial charge in [-0.25, -0.2) is 4.98 Å². The SMILES string of the molecule is CCCn1c(SCC(=O)Nc2ccc(C)cc2Br)nc2ccsc2c1=O. The van der Waals surface area contributed by atoms with Crippen LogP contribution in [0.15, 0.2) is 44.1 Å². The van der Waals surface area contributed by atoms with Gasteiger partial charge in [-0.05, 0) is 58.4 Å². The second-order valence-electron chi connectivity index (χ2n) is 5.81. The molecule has 0 radical (unpaired) electrons. The second kappa shape index (κ2) is 8.37. The number of rotatable bonds is 6. The third kappa shape index (κ3) is 4.19. The van der Waals surface area contributed by atoms with Crippen LogP contribution < -0.4 is 10.9 Å². The summed E-state index contributed by atoms with van der Waals surface area (Å²) in [5.74, 6) is 0.0498. The number of nitrogens with one attached hydrogen (secondary N) is 1. The van der Waals surface area contributed by atoms with E-state index in [1.54, 1.807) is 4.57 Å². The molecule has 0 saturated heterocycles. The molecule has 3 rings (SSSR count). The first-order valence-corrected chi connectivity index (χ1v) is 10.8. The summed E-state index contributed by atoms with van der Waals surface area (Å²) in [6, 6.07) is 7.60. The van der Waals surface area contributed by atoms with Crippen molar-refractivity contribution >= 4 is 60.8 Å². The van der Waals surface area contributed by atoms with Crippen LogP contribution in [0.2, 0.25) is 0 Å². The number of carbonyl (C=O) groups is 1. The molecule has 0 aliphatic carbocycles. The van der Waals surface area contributed by atoms with Gasteiger partial charge in [0, 0.05) is 11.0 Å². The number of halogens is 1. The Morgan fingerprint density at radius 2 is 2.19 bits per heavy atom. The quantitative estimate of drug-likeness (QED) is 0.436. The molecule has 1 amide bonds. The molecule has 5 nitrogen and oxygen atoms in total. The summed E-state index contributed by atoms with van der Waals surface area (Å²) < 4.78 is 3.17. The average Bonchev–Trinajstić information content (AvgIpc) is 3.07. The number of thioether (sulfide) groups is 1. The third-order valence-electron chi connectivity index (χ3n) is 3.71. The Balaban J connectivity index is 1.77. The van der Waals surface area contributed by atoms with E-state index in [0.717, 1.165) is 22.1 Å². The molecule has 1 aromatic carbocycles. The van der Waals surface area contributed by atoms with Crippen LogP contribution in [0.3, 0.4) is 0 Å². The van der Waals surface area contributed by atoms with Gasteiger partial charge in [-0.15, -0.1) is 11.3 Å². The number of hydrogen-bond donors (Lipinski definition) is 1. The summed E-state index contributed by atoms with van der Waals surface area (Å²) in [6.45, 7) is 4.60. The van der Waals surface area contributed by atoms with E-state index in [1.807, 2.05) is 43.5 Å². The molecule has 8 heteroatoms. The lowest BCUT2D eigenvalue weighted by atomic mass is 10.2. The minimum Gasteiger partial charge on any atom is -0.324 e. The third-order valence-corrected chi connectivity index (χ3v) is 6.23. The molecule has 2 heterocycles. The molecule has 0 unspecified atom stereocenters. The first kappa shape index (κ1) is 19.1. The van der Waals surface area contributed by atoms with Gasteiger partial charge in [-0.2, -0.15) is 0 Å². The zero-order valence-corrected chi connectivity index (χ0v) is 17.6. The Morgan fingerprint density at radius 1 is 1.38 bits per heavy atom. The molecule has 0 fully saturated rings. The van der Waals surface area contributed by atoms with Crippen molar-refractivity contribution in [2.75, 3.05) is 11.1 Å². The summed E-state index contributed by atoms with van der Waals surface area (Å²) >= 11 is 6.14. The minimum absolute atomic E-state index is 0.0314. The molecule has 0 atom stereocenters. The van der Waals surface area contributed by atoms with Gasteiger partial charge < -0.3 is 5.32 Å². The molecule has 0 spiro atoms. The van der Waals surface area contributed by atoms with Gasteiger partial charge in [0.2, 0.25) is 5.91 Å². The van der Waals surface area contributed by atoms with E-state index >= 15 is 0 Å². The van der Waals surface area contributed by atoms with E-state index < -0.39 is 0 Å². The summed E-state index contributed by atoms with van der Waals surface area (Å²) in [7, 11) is 0. The fourth-order valence-electron chi connectivity index (χ4n) is 2.49. The number of aryl methyl sites for hydroxylation is 1. The van der Waals surface area contributed by atoms with E-state index in [4.69, 9.17) is 0 Å². The van der Waals surface area contributed by atoms with E-state index in [9.17, 15) is 9.59 Å². The van der Waals surface area contributed by atoms with E-state index in [2.05, 4.69) is 26.2 Å². The molecule has 1 N–H and O–H groups in total. The highest BCUT2D eigenvalue weighted by molar-refractivity contribution is 9.10. The minimum atomic E-state index is -0.137. The van der Waals surface area contributed by atoms with Gasteiger partial charge in [0.15, 0.2) is 5.16 Å². The molecule has 0 bridgehead atoms. The van der Waals surface area contributed by atoms with Crippen LogP contribution in [-0.4, -0.2) is 21.2 Å². The first-order valence-electron chi connectivity index (χ1n) is 8.16. The molecular formula is C18H18BrN3O2S2. The number of carbonyl (C=O) groups excluding carboxylic acids is 1. The van der Waals surface area contributed by atoms with Gasteiger partial charge >= 0.3 is 0 Å². The predicted molar refractivity (Wildman–Crippen MR) is 112 cm³/mol. The highest BCUT2D eigenvalue weighted by Crippen LogP contribution is 2.25. The Bertz CT molecular complexity index is 1010. The molecule has 136 valence electrons. The van der Waals surface area contributed by atoms with Gasteiger partial charge in [0.25, 0.3) is 5.56 Å². The second-order valence-corrected chi connectivity index (χ2v) is 8.52. The first-order chi connectivity index (χ1) is 12.5. The maximum absolute atomic E-state index is 12.6. The largest absolute Gasteiger partial charge is 0.324 e. The molecular weight excluding hydrogens is 434 g/mol. The Kier molecular flexibility index (Phi) is 6.16. The Hall–Kier alpha value is -1.64. The predicted octanol–water partition coefficient (Wildman–Crippen LogP) is 4.67. The van der Waals surface area contributed by atoms with Gasteiger partial charge in [0.05, 0.1) is 17.0 Å². The average molecular weight is 452 g/mol. The van der Waals surface area contributed by atoms with Crippen LogP contribution in [-0.2, 0) is 11.3 Å². The van der Waals surface area contributed by atoms with Crippen LogP contribution in [0.25, 0.3) is 10.2 Å². The van der Waals surface area contributed by atoms with Crippen molar-refractivity contribution < 1.29 is 4.79 Å². The number of benzene rings is 1. The molecule has 0 saturated carbocycles. The van der Waals surface area contributed by atoms with Crippen molar-refractivity contribution in [3.8, 4) is 0 Å². The lowest BCUT2D eigenvalue weighted by Crippen LogP contribution is -2.23. The normalized spacial score (nSPS) is 11.0. The molecule has 26 heavy (non-hydrogen) atoms. The summed E-state index contributed by atoms with van der Waals surface area (Å²) in [4.78, 5) is 29.5. The topological polar surface area (TPSA) is 64.0 Å². The number of fused-ring (bicyclic) bond motifs is 1. The fourth-order valence-corrected chi connectivity index (χ4v) is 4.69. The Labute approximate surface area is 168 Å². The van der Waals surface area contributed by atoms with E-state index in [1.165, 1.54) is 23.1 Å². The van der Waals surface area contributed by atoms with Crippen LogP contribution in [0.4, 0.5) is 5.69 Å². The summed E-state index contributed by atoms with van der Waals surface area (Å²) in [6.07, 6.45) is 0.828. The van der Waals surface area contributed by atoms with Crippen molar-refractivity contribution in [3.05, 3.63) is 50.0 Å². The standard InChI is InChI=1S/C18H18BrN3O2S2/c1-3-7-22-17(24)16-14(6-8-25-16)21-18(22)26-10-15(23)20-13-5-4-11(2)9-12(13)19/h4-6,8-9H,3,7,10H2,1-2H3,(H,20,23). The number of hydrogen-bond acceptors (Lipinski definition) is 5. The fraction of sp³-hybridized carbons (Fsp3) is 0.278. The monoisotopic (exact) mass is 451 g/mol. The van der Waals surface area contributed by atoms with E-state index in [0.29, 0.717) is 21.9 Å². The molecule has 0 aliphatic heterocycles. The number of thiophene rings is 1. The molecule has 0 aliphatic rings. The van der Waals surface area contributed by atoms with Crippen molar-refractivity contribution in [3.63, 3.8) is 0 Å². The lowest BCUT2D eigenvalue weighted by Gasteiger charge is -2.11.